The normalized spacial score (nSPS) is 42.8. The van der Waals surface area contributed by atoms with E-state index in [9.17, 15) is 9.50 Å². The van der Waals surface area contributed by atoms with Gasteiger partial charge in [-0.1, -0.05) is 58.8 Å². The van der Waals surface area contributed by atoms with Gasteiger partial charge in [0.2, 0.25) is 0 Å². The lowest BCUT2D eigenvalue weighted by Crippen LogP contribution is -2.67. The first-order valence-corrected chi connectivity index (χ1v) is 19.8. The number of allylic oxidation sites excluding steroid dienone is 5. The molecule has 5 nitrogen and oxygen atoms in total. The Hall–Kier alpha value is -1.50. The van der Waals surface area contributed by atoms with Crippen molar-refractivity contribution in [3.63, 3.8) is 0 Å². The lowest BCUT2D eigenvalue weighted by Gasteiger charge is -2.72. The Morgan fingerprint density at radius 3 is 2.24 bits per heavy atom. The summed E-state index contributed by atoms with van der Waals surface area (Å²) in [5.41, 5.74) is 5.37. The van der Waals surface area contributed by atoms with E-state index >= 15 is 0 Å². The van der Waals surface area contributed by atoms with E-state index in [0.29, 0.717) is 29.5 Å². The molecule has 0 aromatic carbocycles. The average molecular weight is 684 g/mol. The third-order valence-electron chi connectivity index (χ3n) is 15.8. The molecule has 0 radical (unpaired) electrons. The first kappa shape index (κ1) is 38.7. The summed E-state index contributed by atoms with van der Waals surface area (Å²) in [6, 6.07) is 0. The van der Waals surface area contributed by atoms with Crippen molar-refractivity contribution in [1.82, 2.24) is 5.32 Å². The van der Waals surface area contributed by atoms with E-state index < -0.39 is 5.60 Å². The minimum absolute atomic E-state index is 0.163. The molecule has 0 amide bonds. The highest BCUT2D eigenvalue weighted by atomic mass is 19.1. The molecule has 5 fully saturated rings. The largest absolute Gasteiger partial charge is 0.483 e. The summed E-state index contributed by atoms with van der Waals surface area (Å²) in [5, 5.41) is 21.7. The molecule has 1 heterocycles. The highest BCUT2D eigenvalue weighted by Crippen LogP contribution is 2.76. The molecule has 0 aromatic rings. The Morgan fingerprint density at radius 1 is 0.959 bits per heavy atom. The Labute approximate surface area is 298 Å². The van der Waals surface area contributed by atoms with Gasteiger partial charge in [0.05, 0.1) is 19.9 Å². The second-order valence-corrected chi connectivity index (χ2v) is 19.1. The number of alkyl halides is 1. The number of carbonyl (C=O) groups is 1. The van der Waals surface area contributed by atoms with Gasteiger partial charge in [-0.15, -0.1) is 6.58 Å². The molecular weight excluding hydrogens is 613 g/mol. The topological polar surface area (TPSA) is 78.8 Å². The summed E-state index contributed by atoms with van der Waals surface area (Å²) in [5.74, 6) is 3.35. The van der Waals surface area contributed by atoms with E-state index in [0.717, 1.165) is 55.9 Å². The van der Waals surface area contributed by atoms with Gasteiger partial charge in [0.25, 0.3) is 6.47 Å². The van der Waals surface area contributed by atoms with E-state index in [1.165, 1.54) is 69.8 Å². The maximum atomic E-state index is 13.4. The van der Waals surface area contributed by atoms with Crippen LogP contribution in [0, 0.1) is 51.2 Å². The molecule has 7 aliphatic rings. The monoisotopic (exact) mass is 684 g/mol. The Morgan fingerprint density at radius 2 is 1.65 bits per heavy atom. The molecular formula is C43H70FNO4. The summed E-state index contributed by atoms with van der Waals surface area (Å²) in [6.45, 7) is 22.3. The van der Waals surface area contributed by atoms with Crippen molar-refractivity contribution in [2.24, 2.45) is 51.2 Å². The smallest absolute Gasteiger partial charge is 0.290 e. The zero-order valence-corrected chi connectivity index (χ0v) is 32.1. The van der Waals surface area contributed by atoms with Crippen molar-refractivity contribution in [3.8, 4) is 0 Å². The highest BCUT2D eigenvalue weighted by Gasteiger charge is 2.69. The summed E-state index contributed by atoms with van der Waals surface area (Å²) < 4.78 is 18.7. The van der Waals surface area contributed by atoms with Gasteiger partial charge in [0.15, 0.2) is 0 Å². The van der Waals surface area contributed by atoms with Gasteiger partial charge in [-0.25, -0.2) is 0 Å². The average Bonchev–Trinajstić information content (AvgIpc) is 3.45. The van der Waals surface area contributed by atoms with Crippen LogP contribution in [0.4, 0.5) is 4.39 Å². The number of hydrogen-bond acceptors (Lipinski definition) is 4. The number of rotatable bonds is 6. The van der Waals surface area contributed by atoms with Gasteiger partial charge in [-0.3, -0.25) is 9.18 Å². The van der Waals surface area contributed by atoms with Gasteiger partial charge in [-0.2, -0.15) is 0 Å². The van der Waals surface area contributed by atoms with E-state index in [1.54, 1.807) is 11.1 Å². The van der Waals surface area contributed by atoms with Crippen molar-refractivity contribution in [3.05, 3.63) is 35.5 Å². The number of hydrogen-bond donors (Lipinski definition) is 3. The van der Waals surface area contributed by atoms with Crippen LogP contribution < -0.4 is 5.32 Å². The molecule has 4 saturated carbocycles. The van der Waals surface area contributed by atoms with Gasteiger partial charge in [0.1, 0.15) is 5.60 Å². The molecule has 49 heavy (non-hydrogen) atoms. The maximum absolute atomic E-state index is 13.4. The first-order chi connectivity index (χ1) is 23.1. The van der Waals surface area contributed by atoms with Crippen LogP contribution in [-0.2, 0) is 9.53 Å². The maximum Gasteiger partial charge on any atom is 0.290 e. The minimum Gasteiger partial charge on any atom is -0.483 e. The quantitative estimate of drug-likeness (QED) is 0.192. The molecule has 278 valence electrons. The van der Waals surface area contributed by atoms with Crippen LogP contribution >= 0.6 is 0 Å². The van der Waals surface area contributed by atoms with E-state index in [-0.39, 0.29) is 30.0 Å². The number of fused-ring (bicyclic) bond motifs is 7. The Balaban J connectivity index is 0.000000615. The molecule has 1 saturated heterocycles. The van der Waals surface area contributed by atoms with Gasteiger partial charge in [0, 0.05) is 5.54 Å². The van der Waals surface area contributed by atoms with Crippen molar-refractivity contribution in [1.29, 1.82) is 0 Å². The number of ether oxygens (including phenoxy) is 1. The van der Waals surface area contributed by atoms with Crippen molar-refractivity contribution in [2.75, 3.05) is 26.4 Å². The van der Waals surface area contributed by atoms with Crippen LogP contribution in [0.3, 0.4) is 0 Å². The Kier molecular flexibility index (Phi) is 11.5. The van der Waals surface area contributed by atoms with Crippen LogP contribution in [0.2, 0.25) is 0 Å². The number of halogens is 1. The molecule has 6 heteroatoms. The number of aliphatic hydroxyl groups is 1. The summed E-state index contributed by atoms with van der Waals surface area (Å²) in [7, 11) is 0. The lowest BCUT2D eigenvalue weighted by molar-refractivity contribution is -0.219. The second-order valence-electron chi connectivity index (χ2n) is 19.1. The summed E-state index contributed by atoms with van der Waals surface area (Å²) >= 11 is 0. The third kappa shape index (κ3) is 6.78. The fourth-order valence-corrected chi connectivity index (χ4v) is 13.3. The van der Waals surface area contributed by atoms with Crippen LogP contribution in [0.1, 0.15) is 138 Å². The number of nitrogens with one attached hydrogen (secondary N) is 1. The van der Waals surface area contributed by atoms with Crippen molar-refractivity contribution in [2.45, 2.75) is 149 Å². The van der Waals surface area contributed by atoms with Gasteiger partial charge in [-0.05, 0) is 166 Å². The second kappa shape index (κ2) is 14.5. The molecule has 0 spiro atoms. The molecule has 9 atom stereocenters. The third-order valence-corrected chi connectivity index (χ3v) is 15.8. The highest BCUT2D eigenvalue weighted by molar-refractivity contribution is 5.41. The van der Waals surface area contributed by atoms with Crippen LogP contribution in [0.25, 0.3) is 0 Å². The predicted molar refractivity (Wildman–Crippen MR) is 198 cm³/mol. The van der Waals surface area contributed by atoms with E-state index in [1.807, 2.05) is 13.8 Å². The van der Waals surface area contributed by atoms with Crippen LogP contribution in [-0.4, -0.2) is 54.3 Å². The van der Waals surface area contributed by atoms with Crippen LogP contribution in [0.15, 0.2) is 35.5 Å². The van der Waals surface area contributed by atoms with Crippen molar-refractivity contribution >= 4 is 6.47 Å². The zero-order valence-electron chi connectivity index (χ0n) is 32.1. The van der Waals surface area contributed by atoms with Crippen molar-refractivity contribution < 1.29 is 24.1 Å². The fourth-order valence-electron chi connectivity index (χ4n) is 13.3. The fraction of sp³-hybridized carbons (Fsp3) is 0.837. The molecule has 6 aliphatic carbocycles. The van der Waals surface area contributed by atoms with E-state index in [4.69, 9.17) is 14.6 Å². The SMILES string of the molecule is C=C(C)C.CC1(C)C(C2=CCC(CF)CC2)=CCC2(C)C1CCC1(C)C2CCC2[C@H]3CCCC3(NCCC3(O)COC3)CC[C@]21C.O=CO. The van der Waals surface area contributed by atoms with Gasteiger partial charge >= 0.3 is 0 Å². The van der Waals surface area contributed by atoms with E-state index in [2.05, 4.69) is 58.7 Å². The standard InChI is InChI=1S/C38H60FNO2.C4H8.CH2O2/c1-33(2)28(27-10-8-26(23-39)9-11-27)14-17-34(3)31(33)15-18-36(5)32(34)13-12-29-30-7-6-16-38(30,20-19-35(29,36)4)40-22-21-37(41)24-42-25-37;1-4(2)3;2-1-3/h10,14,26,29-32,40-41H,6-9,11-13,15-25H2,1-5H3;1H2,2-3H3;1H,(H,2,3)/t26?,29?,30-,31?,32?,34?,35-,36?,38?;;/m1../s1. The van der Waals surface area contributed by atoms with Gasteiger partial charge < -0.3 is 20.3 Å². The molecule has 0 bridgehead atoms. The summed E-state index contributed by atoms with van der Waals surface area (Å²) in [4.78, 5) is 8.36. The number of carboxylic acid groups (broad SMARTS) is 1. The molecule has 7 unspecified atom stereocenters. The Bertz CT molecular complexity index is 1270. The minimum atomic E-state index is -0.590. The molecule has 7 rings (SSSR count). The molecule has 0 aromatic heterocycles. The predicted octanol–water partition coefficient (Wildman–Crippen LogP) is 9.85. The lowest BCUT2D eigenvalue weighted by atomic mass is 9.33. The molecule has 1 aliphatic heterocycles. The van der Waals surface area contributed by atoms with Crippen LogP contribution in [0.5, 0.6) is 0 Å². The summed E-state index contributed by atoms with van der Waals surface area (Å²) in [6.07, 6.45) is 22.4. The molecule has 3 N–H and O–H groups in total. The first-order valence-electron chi connectivity index (χ1n) is 19.8. The zero-order chi connectivity index (χ0) is 35.9.